The van der Waals surface area contributed by atoms with Gasteiger partial charge in [0.05, 0.1) is 17.4 Å². The summed E-state index contributed by atoms with van der Waals surface area (Å²) in [6, 6.07) is 12.0. The third-order valence-corrected chi connectivity index (χ3v) is 5.65. The second-order valence-corrected chi connectivity index (χ2v) is 7.86. The minimum Gasteiger partial charge on any atom is -0.490 e. The highest BCUT2D eigenvalue weighted by molar-refractivity contribution is 6.31. The molecule has 2 aliphatic heterocycles. The SMILES string of the molecule is CC(Oc1ccc(N/C=C2\C(=O)Nc3cc(F)ccc32)cc1)C1CCCN(C)C1. The second-order valence-electron chi connectivity index (χ2n) is 7.86. The highest BCUT2D eigenvalue weighted by Gasteiger charge is 2.25. The van der Waals surface area contributed by atoms with Gasteiger partial charge >= 0.3 is 0 Å². The van der Waals surface area contributed by atoms with Crippen molar-refractivity contribution >= 4 is 22.9 Å². The zero-order valence-electron chi connectivity index (χ0n) is 16.7. The van der Waals surface area contributed by atoms with Crippen LogP contribution in [0.25, 0.3) is 5.57 Å². The van der Waals surface area contributed by atoms with Crippen LogP contribution in [0.2, 0.25) is 0 Å². The molecule has 2 aromatic rings. The topological polar surface area (TPSA) is 53.6 Å². The molecule has 0 aromatic heterocycles. The molecule has 5 nitrogen and oxygen atoms in total. The molecule has 2 unspecified atom stereocenters. The number of carbonyl (C=O) groups excluding carboxylic acids is 1. The van der Waals surface area contributed by atoms with Crippen LogP contribution in [0.5, 0.6) is 5.75 Å². The van der Waals surface area contributed by atoms with E-state index in [-0.39, 0.29) is 17.8 Å². The van der Waals surface area contributed by atoms with Gasteiger partial charge in [-0.05, 0) is 75.8 Å². The average Bonchev–Trinajstić information content (AvgIpc) is 3.01. The first kappa shape index (κ1) is 19.5. The monoisotopic (exact) mass is 395 g/mol. The molecule has 152 valence electrons. The minimum atomic E-state index is -0.372. The molecular formula is C23H26FN3O2. The first-order chi connectivity index (χ1) is 14.0. The Kier molecular flexibility index (Phi) is 5.53. The van der Waals surface area contributed by atoms with Crippen molar-refractivity contribution in [1.29, 1.82) is 0 Å². The molecule has 1 fully saturated rings. The van der Waals surface area contributed by atoms with Crippen LogP contribution in [-0.2, 0) is 4.79 Å². The van der Waals surface area contributed by atoms with Gasteiger partial charge in [-0.3, -0.25) is 4.79 Å². The summed E-state index contributed by atoms with van der Waals surface area (Å²) >= 11 is 0. The smallest absolute Gasteiger partial charge is 0.257 e. The molecule has 29 heavy (non-hydrogen) atoms. The van der Waals surface area contributed by atoms with Crippen molar-refractivity contribution < 1.29 is 13.9 Å². The van der Waals surface area contributed by atoms with E-state index >= 15 is 0 Å². The molecule has 0 saturated carbocycles. The van der Waals surface area contributed by atoms with Crippen LogP contribution >= 0.6 is 0 Å². The van der Waals surface area contributed by atoms with Gasteiger partial charge in [0.25, 0.3) is 5.91 Å². The number of halogens is 1. The minimum absolute atomic E-state index is 0.165. The predicted octanol–water partition coefficient (Wildman–Crippen LogP) is 4.34. The summed E-state index contributed by atoms with van der Waals surface area (Å²) in [7, 11) is 2.16. The van der Waals surface area contributed by atoms with Gasteiger partial charge in [-0.15, -0.1) is 0 Å². The maximum atomic E-state index is 13.3. The van der Waals surface area contributed by atoms with E-state index in [0.717, 1.165) is 24.5 Å². The van der Waals surface area contributed by atoms with E-state index in [1.54, 1.807) is 12.3 Å². The standard InChI is InChI=1S/C23H26FN3O2/c1-15(16-4-3-11-27(2)14-16)29-19-8-6-18(7-9-19)25-13-21-20-10-5-17(24)12-22(20)26-23(21)28/h5-10,12-13,15-16,25H,3-4,11,14H2,1-2H3,(H,26,28)/b21-13-. The highest BCUT2D eigenvalue weighted by atomic mass is 19.1. The van der Waals surface area contributed by atoms with E-state index in [0.29, 0.717) is 22.7 Å². The van der Waals surface area contributed by atoms with Gasteiger partial charge in [0, 0.05) is 29.9 Å². The number of anilines is 2. The molecular weight excluding hydrogens is 369 g/mol. The first-order valence-corrected chi connectivity index (χ1v) is 10.0. The fourth-order valence-electron chi connectivity index (χ4n) is 4.00. The molecule has 2 atom stereocenters. The number of ether oxygens (including phenoxy) is 1. The lowest BCUT2D eigenvalue weighted by Gasteiger charge is -2.33. The Bertz CT molecular complexity index is 926. The van der Waals surface area contributed by atoms with E-state index in [9.17, 15) is 9.18 Å². The van der Waals surface area contributed by atoms with Gasteiger partial charge in [0.15, 0.2) is 0 Å². The van der Waals surface area contributed by atoms with Crippen LogP contribution in [0, 0.1) is 11.7 Å². The maximum Gasteiger partial charge on any atom is 0.257 e. The summed E-state index contributed by atoms with van der Waals surface area (Å²) in [6.07, 6.45) is 4.23. The van der Waals surface area contributed by atoms with E-state index in [1.165, 1.54) is 25.0 Å². The zero-order chi connectivity index (χ0) is 20.4. The zero-order valence-corrected chi connectivity index (χ0v) is 16.7. The summed E-state index contributed by atoms with van der Waals surface area (Å²) < 4.78 is 19.5. The Morgan fingerprint density at radius 3 is 2.83 bits per heavy atom. The van der Waals surface area contributed by atoms with Gasteiger partial charge in [-0.2, -0.15) is 0 Å². The molecule has 0 spiro atoms. The highest BCUT2D eigenvalue weighted by Crippen LogP contribution is 2.32. The number of hydrogen-bond acceptors (Lipinski definition) is 4. The lowest BCUT2D eigenvalue weighted by molar-refractivity contribution is -0.110. The summed E-state index contributed by atoms with van der Waals surface area (Å²) in [5.41, 5.74) is 2.51. The fraction of sp³-hybridized carbons (Fsp3) is 0.348. The van der Waals surface area contributed by atoms with Crippen LogP contribution in [-0.4, -0.2) is 37.0 Å². The third kappa shape index (κ3) is 4.43. The van der Waals surface area contributed by atoms with Crippen LogP contribution in [0.15, 0.2) is 48.7 Å². The van der Waals surface area contributed by atoms with Crippen molar-refractivity contribution in [2.24, 2.45) is 5.92 Å². The first-order valence-electron chi connectivity index (χ1n) is 10.0. The normalized spacial score (nSPS) is 21.6. The van der Waals surface area contributed by atoms with Crippen molar-refractivity contribution in [3.8, 4) is 5.75 Å². The number of hydrogen-bond donors (Lipinski definition) is 2. The quantitative estimate of drug-likeness (QED) is 0.740. The second kappa shape index (κ2) is 8.25. The molecule has 1 amide bonds. The summed E-state index contributed by atoms with van der Waals surface area (Å²) in [6.45, 7) is 4.37. The number of nitrogens with zero attached hydrogens (tertiary/aromatic N) is 1. The lowest BCUT2D eigenvalue weighted by Crippen LogP contribution is -2.39. The number of nitrogens with one attached hydrogen (secondary N) is 2. The van der Waals surface area contributed by atoms with Crippen molar-refractivity contribution in [3.05, 3.63) is 60.0 Å². The van der Waals surface area contributed by atoms with E-state index in [4.69, 9.17) is 4.74 Å². The van der Waals surface area contributed by atoms with Gasteiger partial charge in [0.2, 0.25) is 0 Å². The van der Waals surface area contributed by atoms with E-state index in [1.807, 2.05) is 24.3 Å². The largest absolute Gasteiger partial charge is 0.490 e. The number of rotatable bonds is 5. The molecule has 4 rings (SSSR count). The van der Waals surface area contributed by atoms with Crippen molar-refractivity contribution in [2.45, 2.75) is 25.9 Å². The van der Waals surface area contributed by atoms with Crippen molar-refractivity contribution in [1.82, 2.24) is 4.90 Å². The van der Waals surface area contributed by atoms with Gasteiger partial charge in [0.1, 0.15) is 11.6 Å². The molecule has 2 aromatic carbocycles. The third-order valence-electron chi connectivity index (χ3n) is 5.65. The molecule has 2 N–H and O–H groups in total. The van der Waals surface area contributed by atoms with E-state index < -0.39 is 0 Å². The van der Waals surface area contributed by atoms with Crippen LogP contribution < -0.4 is 15.4 Å². The van der Waals surface area contributed by atoms with Crippen LogP contribution in [0.4, 0.5) is 15.8 Å². The van der Waals surface area contributed by atoms with Gasteiger partial charge in [-0.1, -0.05) is 0 Å². The maximum absolute atomic E-state index is 13.3. The fourth-order valence-corrected chi connectivity index (χ4v) is 4.00. The Morgan fingerprint density at radius 1 is 1.28 bits per heavy atom. The summed E-state index contributed by atoms with van der Waals surface area (Å²) in [5, 5.41) is 5.82. The van der Waals surface area contributed by atoms with E-state index in [2.05, 4.69) is 29.5 Å². The number of fused-ring (bicyclic) bond motifs is 1. The Balaban J connectivity index is 1.39. The molecule has 0 bridgehead atoms. The Labute approximate surface area is 170 Å². The Morgan fingerprint density at radius 2 is 2.07 bits per heavy atom. The van der Waals surface area contributed by atoms with Crippen LogP contribution in [0.1, 0.15) is 25.3 Å². The molecule has 6 heteroatoms. The number of piperidine rings is 1. The van der Waals surface area contributed by atoms with Gasteiger partial charge < -0.3 is 20.3 Å². The summed E-state index contributed by atoms with van der Waals surface area (Å²) in [4.78, 5) is 14.5. The molecule has 0 aliphatic carbocycles. The van der Waals surface area contributed by atoms with Crippen molar-refractivity contribution in [3.63, 3.8) is 0 Å². The molecule has 2 heterocycles. The van der Waals surface area contributed by atoms with Crippen LogP contribution in [0.3, 0.4) is 0 Å². The molecule has 2 aliphatic rings. The number of amides is 1. The summed E-state index contributed by atoms with van der Waals surface area (Å²) in [5.74, 6) is 0.762. The average molecular weight is 395 g/mol. The van der Waals surface area contributed by atoms with Gasteiger partial charge in [-0.25, -0.2) is 4.39 Å². The number of benzene rings is 2. The molecule has 0 radical (unpaired) electrons. The number of carbonyl (C=O) groups is 1. The molecule has 1 saturated heterocycles. The Hall–Kier alpha value is -2.86. The number of likely N-dealkylation sites (tertiary alicyclic amines) is 1. The lowest BCUT2D eigenvalue weighted by atomic mass is 9.93. The van der Waals surface area contributed by atoms with Crippen molar-refractivity contribution in [2.75, 3.05) is 30.8 Å². The predicted molar refractivity (Wildman–Crippen MR) is 113 cm³/mol.